The van der Waals surface area contributed by atoms with Crippen LogP contribution < -0.4 is 5.49 Å². The first-order valence-corrected chi connectivity index (χ1v) is 2.83. The molecule has 10 heavy (non-hydrogen) atoms. The van der Waals surface area contributed by atoms with Crippen molar-refractivity contribution in [3.05, 3.63) is 30.2 Å². The van der Waals surface area contributed by atoms with E-state index in [1.807, 2.05) is 0 Å². The van der Waals surface area contributed by atoms with Gasteiger partial charge in [-0.3, -0.25) is 9.81 Å². The van der Waals surface area contributed by atoms with E-state index < -0.39 is 0 Å². The summed E-state index contributed by atoms with van der Waals surface area (Å²) >= 11 is 0. The molecule has 0 aromatic carbocycles. The normalized spacial score (nSPS) is 10.4. The predicted molar refractivity (Wildman–Crippen MR) is 33.3 cm³/mol. The van der Waals surface area contributed by atoms with Gasteiger partial charge in [-0.2, -0.15) is 4.98 Å². The molecule has 1 N–H and O–H groups in total. The summed E-state index contributed by atoms with van der Waals surface area (Å²) in [5, 5.41) is 7.13. The molecule has 0 spiro atoms. The fourth-order valence-electron chi connectivity index (χ4n) is 0.770. The maximum atomic E-state index is 7.13. The molecule has 0 aliphatic carbocycles. The van der Waals surface area contributed by atoms with Gasteiger partial charge in [0.1, 0.15) is 6.26 Å². The Kier molecular flexibility index (Phi) is 0.887. The van der Waals surface area contributed by atoms with Crippen LogP contribution in [0.2, 0.25) is 0 Å². The van der Waals surface area contributed by atoms with Gasteiger partial charge in [-0.05, 0) is 6.07 Å². The molecule has 2 heterocycles. The number of hydrogen-bond acceptors (Lipinski definition) is 3. The lowest BCUT2D eigenvalue weighted by molar-refractivity contribution is 0.589. The third kappa shape index (κ3) is 0.621. The minimum atomic E-state index is 0.218. The Labute approximate surface area is 56.3 Å². The zero-order valence-corrected chi connectivity index (χ0v) is 5.11. The average molecular weight is 135 g/mol. The van der Waals surface area contributed by atoms with E-state index in [-0.39, 0.29) is 5.49 Å². The average Bonchev–Trinajstić information content (AvgIpc) is 2.33. The monoisotopic (exact) mass is 135 g/mol. The van der Waals surface area contributed by atoms with Crippen molar-refractivity contribution in [3.8, 4) is 0 Å². The van der Waals surface area contributed by atoms with Crippen LogP contribution in [-0.2, 0) is 0 Å². The molecule has 4 nitrogen and oxygen atoms in total. The Bertz CT molecular complexity index is 400. The summed E-state index contributed by atoms with van der Waals surface area (Å²) in [6.45, 7) is 0. The predicted octanol–water partition coefficient (Wildman–Crippen LogP) is 0.407. The van der Waals surface area contributed by atoms with E-state index >= 15 is 0 Å². The molecule has 0 aliphatic rings. The zero-order chi connectivity index (χ0) is 6.97. The summed E-state index contributed by atoms with van der Waals surface area (Å²) in [6.07, 6.45) is 5.00. The number of nitrogens with one attached hydrogen (secondary N) is 1. The van der Waals surface area contributed by atoms with E-state index in [0.29, 0.717) is 5.84 Å². The molecule has 50 valence electrons. The van der Waals surface area contributed by atoms with Crippen LogP contribution in [0.25, 0.3) is 5.84 Å². The molecule has 2 aromatic heterocycles. The van der Waals surface area contributed by atoms with Crippen molar-refractivity contribution in [1.29, 1.82) is 5.41 Å². The topological polar surface area (TPSA) is 54.3 Å². The van der Waals surface area contributed by atoms with E-state index in [0.717, 1.165) is 0 Å². The number of rotatable bonds is 0. The van der Waals surface area contributed by atoms with Crippen LogP contribution in [0.4, 0.5) is 0 Å². The largest absolute Gasteiger partial charge is 0.432 e. The van der Waals surface area contributed by atoms with Crippen molar-refractivity contribution >= 4 is 5.84 Å². The van der Waals surface area contributed by atoms with Gasteiger partial charge in [0.15, 0.2) is 5.49 Å². The molecule has 0 unspecified atom stereocenters. The second kappa shape index (κ2) is 1.70. The van der Waals surface area contributed by atoms with Crippen molar-refractivity contribution in [1.82, 2.24) is 9.38 Å². The standard InChI is InChI=1S/C6H5N3O/c7-5-1-2-9-3-4-10-6(9)8-5/h1-4,7H. The van der Waals surface area contributed by atoms with E-state index in [9.17, 15) is 0 Å². The third-order valence-corrected chi connectivity index (χ3v) is 1.22. The molecule has 2 rings (SSSR count). The Morgan fingerprint density at radius 2 is 2.40 bits per heavy atom. The van der Waals surface area contributed by atoms with Gasteiger partial charge in [0.2, 0.25) is 0 Å². The molecule has 0 aliphatic heterocycles. The fraction of sp³-hybridized carbons (Fsp3) is 0. The number of nitrogens with zero attached hydrogens (tertiary/aromatic N) is 2. The van der Waals surface area contributed by atoms with Crippen molar-refractivity contribution in [2.24, 2.45) is 0 Å². The summed E-state index contributed by atoms with van der Waals surface area (Å²) in [5.41, 5.74) is 0.218. The van der Waals surface area contributed by atoms with Crippen molar-refractivity contribution in [2.75, 3.05) is 0 Å². The van der Waals surface area contributed by atoms with Gasteiger partial charge >= 0.3 is 5.84 Å². The van der Waals surface area contributed by atoms with Crippen LogP contribution in [0, 0.1) is 5.41 Å². The highest BCUT2D eigenvalue weighted by Gasteiger charge is 1.91. The number of hydrogen-bond donors (Lipinski definition) is 1. The maximum absolute atomic E-state index is 7.13. The first-order valence-electron chi connectivity index (χ1n) is 2.83. The van der Waals surface area contributed by atoms with Crippen molar-refractivity contribution < 1.29 is 4.42 Å². The number of aromatic nitrogens is 2. The molecule has 0 atom stereocenters. The Morgan fingerprint density at radius 1 is 1.50 bits per heavy atom. The SMILES string of the molecule is N=c1ccn2ccoc2n1. The van der Waals surface area contributed by atoms with Gasteiger partial charge in [-0.15, -0.1) is 0 Å². The molecule has 0 fully saturated rings. The smallest absolute Gasteiger partial charge is 0.307 e. The van der Waals surface area contributed by atoms with Gasteiger partial charge in [0.05, 0.1) is 0 Å². The van der Waals surface area contributed by atoms with Gasteiger partial charge < -0.3 is 4.42 Å². The van der Waals surface area contributed by atoms with E-state index in [2.05, 4.69) is 4.98 Å². The van der Waals surface area contributed by atoms with Crippen LogP contribution in [0.15, 0.2) is 29.1 Å². The van der Waals surface area contributed by atoms with E-state index in [1.54, 1.807) is 22.9 Å². The highest BCUT2D eigenvalue weighted by Crippen LogP contribution is 1.94. The summed E-state index contributed by atoms with van der Waals surface area (Å²) in [5.74, 6) is 0.451. The lowest BCUT2D eigenvalue weighted by atomic mass is 10.6. The highest BCUT2D eigenvalue weighted by atomic mass is 16.3. The van der Waals surface area contributed by atoms with Gasteiger partial charge in [0.25, 0.3) is 0 Å². The molecule has 2 aromatic rings. The Balaban J connectivity index is 2.99. The summed E-state index contributed by atoms with van der Waals surface area (Å²) in [4.78, 5) is 3.80. The molecule has 0 bridgehead atoms. The van der Waals surface area contributed by atoms with Gasteiger partial charge in [-0.1, -0.05) is 0 Å². The van der Waals surface area contributed by atoms with Crippen LogP contribution in [0.1, 0.15) is 0 Å². The minimum absolute atomic E-state index is 0.218. The lowest BCUT2D eigenvalue weighted by Gasteiger charge is -1.85. The van der Waals surface area contributed by atoms with E-state index in [4.69, 9.17) is 9.83 Å². The third-order valence-electron chi connectivity index (χ3n) is 1.22. The molecule has 0 saturated carbocycles. The Morgan fingerprint density at radius 3 is 3.30 bits per heavy atom. The first-order chi connectivity index (χ1) is 4.86. The highest BCUT2D eigenvalue weighted by molar-refractivity contribution is 5.19. The number of oxazole rings is 1. The summed E-state index contributed by atoms with van der Waals surface area (Å²) in [6, 6.07) is 1.60. The molecule has 0 amide bonds. The maximum Gasteiger partial charge on any atom is 0.307 e. The zero-order valence-electron chi connectivity index (χ0n) is 5.11. The van der Waals surface area contributed by atoms with Crippen molar-refractivity contribution in [3.63, 3.8) is 0 Å². The van der Waals surface area contributed by atoms with E-state index in [1.165, 1.54) is 6.26 Å². The van der Waals surface area contributed by atoms with Crippen LogP contribution in [-0.4, -0.2) is 9.38 Å². The van der Waals surface area contributed by atoms with Crippen LogP contribution >= 0.6 is 0 Å². The second-order valence-corrected chi connectivity index (χ2v) is 1.91. The number of fused-ring (bicyclic) bond motifs is 1. The molecule has 4 heteroatoms. The quantitative estimate of drug-likeness (QED) is 0.568. The van der Waals surface area contributed by atoms with Gasteiger partial charge in [0, 0.05) is 12.4 Å². The second-order valence-electron chi connectivity index (χ2n) is 1.91. The summed E-state index contributed by atoms with van der Waals surface area (Å²) in [7, 11) is 0. The Hall–Kier alpha value is -1.58. The molecule has 0 radical (unpaired) electrons. The fourth-order valence-corrected chi connectivity index (χ4v) is 0.770. The molecular weight excluding hydrogens is 130 g/mol. The molecular formula is C6H5N3O. The molecule has 0 saturated heterocycles. The van der Waals surface area contributed by atoms with Crippen LogP contribution in [0.3, 0.4) is 0 Å². The summed E-state index contributed by atoms with van der Waals surface area (Å²) < 4.78 is 6.64. The first kappa shape index (κ1) is 5.22. The van der Waals surface area contributed by atoms with Crippen LogP contribution in [0.5, 0.6) is 0 Å². The van der Waals surface area contributed by atoms with Crippen molar-refractivity contribution in [2.45, 2.75) is 0 Å². The minimum Gasteiger partial charge on any atom is -0.432 e. The lowest BCUT2D eigenvalue weighted by Crippen LogP contribution is -2.04. The van der Waals surface area contributed by atoms with Gasteiger partial charge in [-0.25, -0.2) is 0 Å².